The number of benzene rings is 2. The maximum Gasteiger partial charge on any atom is 0.350 e. The molecule has 10 nitrogen and oxygen atoms in total. The van der Waals surface area contributed by atoms with Gasteiger partial charge >= 0.3 is 5.69 Å². The van der Waals surface area contributed by atoms with Crippen molar-refractivity contribution in [2.75, 3.05) is 13.7 Å². The summed E-state index contributed by atoms with van der Waals surface area (Å²) in [6.07, 6.45) is 4.44. The van der Waals surface area contributed by atoms with E-state index in [1.165, 1.54) is 0 Å². The van der Waals surface area contributed by atoms with Crippen LogP contribution in [-0.2, 0) is 12.8 Å². The molecule has 1 atom stereocenters. The van der Waals surface area contributed by atoms with Gasteiger partial charge in [0.2, 0.25) is 0 Å². The third-order valence-corrected chi connectivity index (χ3v) is 5.81. The van der Waals surface area contributed by atoms with Gasteiger partial charge in [0.25, 0.3) is 5.95 Å². The van der Waals surface area contributed by atoms with Crippen LogP contribution in [0.3, 0.4) is 0 Å². The topological polar surface area (TPSA) is 145 Å². The summed E-state index contributed by atoms with van der Waals surface area (Å²) in [6.45, 7) is 0.600. The van der Waals surface area contributed by atoms with E-state index in [-0.39, 0.29) is 17.7 Å². The maximum atomic E-state index is 12.7. The highest BCUT2D eigenvalue weighted by molar-refractivity contribution is 5.94. The Balaban J connectivity index is 1.60. The summed E-state index contributed by atoms with van der Waals surface area (Å²) in [5.74, 6) is 1.80. The fourth-order valence-electron chi connectivity index (χ4n) is 4.11. The van der Waals surface area contributed by atoms with Crippen LogP contribution in [0, 0.1) is 5.41 Å². The Bertz CT molecular complexity index is 1390. The van der Waals surface area contributed by atoms with Crippen LogP contribution in [-0.4, -0.2) is 44.3 Å². The van der Waals surface area contributed by atoms with E-state index in [2.05, 4.69) is 26.1 Å². The standard InChI is InChI=1S/C24H23N7O3/c1-33-19-13-17(12-16-7-10-34-20(16)19)18(11-14-3-5-15(6-4-14)21(25)26)22-29-24(32)31(30-22)23-27-8-2-9-28-23/h2-6,8-9,12-13,18H,7,10-11H2,1H3,(H3,25,26)(H,29,30,32). The van der Waals surface area contributed by atoms with Crippen LogP contribution in [0.1, 0.15) is 34.0 Å². The molecule has 1 unspecified atom stereocenters. The van der Waals surface area contributed by atoms with E-state index in [0.29, 0.717) is 30.2 Å². The molecule has 0 spiro atoms. The summed E-state index contributed by atoms with van der Waals surface area (Å²) >= 11 is 0. The van der Waals surface area contributed by atoms with Gasteiger partial charge in [0.05, 0.1) is 13.7 Å². The summed E-state index contributed by atoms with van der Waals surface area (Å²) in [5, 5.41) is 12.2. The van der Waals surface area contributed by atoms with Gasteiger partial charge in [-0.05, 0) is 29.7 Å². The van der Waals surface area contributed by atoms with Gasteiger partial charge in [-0.25, -0.2) is 14.8 Å². The summed E-state index contributed by atoms with van der Waals surface area (Å²) < 4.78 is 12.5. The zero-order valence-corrected chi connectivity index (χ0v) is 18.5. The van der Waals surface area contributed by atoms with Crippen molar-refractivity contribution in [2.24, 2.45) is 5.73 Å². The molecule has 2 aromatic carbocycles. The van der Waals surface area contributed by atoms with Gasteiger partial charge in [-0.15, -0.1) is 9.78 Å². The van der Waals surface area contributed by atoms with E-state index in [0.717, 1.165) is 33.5 Å². The number of hydrogen-bond acceptors (Lipinski definition) is 7. The number of nitrogen functional groups attached to an aromatic ring is 1. The van der Waals surface area contributed by atoms with Crippen molar-refractivity contribution in [3.8, 4) is 17.4 Å². The Kier molecular flexibility index (Phi) is 5.54. The molecule has 3 heterocycles. The van der Waals surface area contributed by atoms with Crippen molar-refractivity contribution in [2.45, 2.75) is 18.8 Å². The average Bonchev–Trinajstić information content (AvgIpc) is 3.49. The molecule has 0 fully saturated rings. The number of hydrogen-bond donors (Lipinski definition) is 3. The van der Waals surface area contributed by atoms with E-state index in [9.17, 15) is 4.79 Å². The molecule has 2 aromatic heterocycles. The van der Waals surface area contributed by atoms with Crippen molar-refractivity contribution in [1.29, 1.82) is 5.41 Å². The van der Waals surface area contributed by atoms with Gasteiger partial charge in [0, 0.05) is 35.9 Å². The first-order valence-electron chi connectivity index (χ1n) is 10.8. The predicted molar refractivity (Wildman–Crippen MR) is 125 cm³/mol. The molecule has 1 aliphatic heterocycles. The molecular weight excluding hydrogens is 434 g/mol. The van der Waals surface area contributed by atoms with Crippen LogP contribution < -0.4 is 20.9 Å². The molecule has 4 aromatic rings. The minimum absolute atomic E-state index is 0.0115. The van der Waals surface area contributed by atoms with Crippen molar-refractivity contribution < 1.29 is 9.47 Å². The fourth-order valence-corrected chi connectivity index (χ4v) is 4.11. The number of methoxy groups -OCH3 is 1. The summed E-state index contributed by atoms with van der Waals surface area (Å²) in [6, 6.07) is 13.1. The monoisotopic (exact) mass is 457 g/mol. The van der Waals surface area contributed by atoms with E-state index >= 15 is 0 Å². The molecule has 172 valence electrons. The molecule has 1 aliphatic rings. The number of aromatic amines is 1. The molecule has 0 aliphatic carbocycles. The molecule has 10 heteroatoms. The number of nitrogens with zero attached hydrogens (tertiary/aromatic N) is 4. The third-order valence-electron chi connectivity index (χ3n) is 5.81. The molecule has 34 heavy (non-hydrogen) atoms. The molecule has 0 saturated heterocycles. The second kappa shape index (κ2) is 8.81. The normalized spacial score (nSPS) is 13.2. The number of ether oxygens (including phenoxy) is 2. The lowest BCUT2D eigenvalue weighted by Gasteiger charge is -2.18. The van der Waals surface area contributed by atoms with Crippen LogP contribution in [0.25, 0.3) is 5.95 Å². The highest BCUT2D eigenvalue weighted by atomic mass is 16.5. The van der Waals surface area contributed by atoms with Crippen molar-refractivity contribution >= 4 is 5.84 Å². The largest absolute Gasteiger partial charge is 0.493 e. The second-order valence-corrected chi connectivity index (χ2v) is 7.95. The highest BCUT2D eigenvalue weighted by Gasteiger charge is 2.26. The number of H-pyrrole nitrogens is 1. The lowest BCUT2D eigenvalue weighted by atomic mass is 9.89. The highest BCUT2D eigenvalue weighted by Crippen LogP contribution is 2.40. The summed E-state index contributed by atoms with van der Waals surface area (Å²) in [5.41, 5.74) is 8.82. The van der Waals surface area contributed by atoms with Gasteiger partial charge < -0.3 is 15.2 Å². The van der Waals surface area contributed by atoms with Crippen molar-refractivity contribution in [3.63, 3.8) is 0 Å². The van der Waals surface area contributed by atoms with Gasteiger partial charge in [0.15, 0.2) is 11.5 Å². The zero-order chi connectivity index (χ0) is 23.7. The second-order valence-electron chi connectivity index (χ2n) is 7.95. The van der Waals surface area contributed by atoms with Gasteiger partial charge in [-0.1, -0.05) is 30.3 Å². The lowest BCUT2D eigenvalue weighted by molar-refractivity contribution is 0.326. The Morgan fingerprint density at radius 1 is 1.26 bits per heavy atom. The molecule has 0 amide bonds. The minimum atomic E-state index is -0.422. The number of amidine groups is 1. The first-order valence-corrected chi connectivity index (χ1v) is 10.8. The first-order chi connectivity index (χ1) is 16.5. The van der Waals surface area contributed by atoms with Gasteiger partial charge in [-0.2, -0.15) is 0 Å². The zero-order valence-electron chi connectivity index (χ0n) is 18.5. The SMILES string of the molecule is COc1cc(C(Cc2ccc(C(=N)N)cc2)c2nn(-c3ncccn3)c(=O)[nH]2)cc2c1OCC2. The van der Waals surface area contributed by atoms with Crippen LogP contribution in [0.5, 0.6) is 11.5 Å². The summed E-state index contributed by atoms with van der Waals surface area (Å²) in [4.78, 5) is 23.9. The van der Waals surface area contributed by atoms with Crippen molar-refractivity contribution in [1.82, 2.24) is 24.7 Å². The smallest absolute Gasteiger partial charge is 0.350 e. The molecule has 4 N–H and O–H groups in total. The van der Waals surface area contributed by atoms with Gasteiger partial charge in [-0.3, -0.25) is 10.4 Å². The van der Waals surface area contributed by atoms with E-state index in [4.69, 9.17) is 20.6 Å². The first kappa shape index (κ1) is 21.4. The van der Waals surface area contributed by atoms with Crippen LogP contribution in [0.2, 0.25) is 0 Å². The quantitative estimate of drug-likeness (QED) is 0.284. The van der Waals surface area contributed by atoms with Crippen molar-refractivity contribution in [3.05, 3.63) is 93.4 Å². The minimum Gasteiger partial charge on any atom is -0.493 e. The number of aromatic nitrogens is 5. The molecule has 0 bridgehead atoms. The number of rotatable bonds is 7. The molecule has 0 radical (unpaired) electrons. The molecule has 0 saturated carbocycles. The van der Waals surface area contributed by atoms with E-state index < -0.39 is 5.69 Å². The summed E-state index contributed by atoms with van der Waals surface area (Å²) in [7, 11) is 1.61. The Hall–Kier alpha value is -4.47. The van der Waals surface area contributed by atoms with Gasteiger partial charge in [0.1, 0.15) is 11.7 Å². The third kappa shape index (κ3) is 4.01. The number of fused-ring (bicyclic) bond motifs is 1. The predicted octanol–water partition coefficient (Wildman–Crippen LogP) is 1.95. The fraction of sp³-hybridized carbons (Fsp3) is 0.208. The van der Waals surface area contributed by atoms with E-state index in [1.54, 1.807) is 25.6 Å². The lowest BCUT2D eigenvalue weighted by Crippen LogP contribution is -2.18. The average molecular weight is 457 g/mol. The van der Waals surface area contributed by atoms with Crippen LogP contribution in [0.4, 0.5) is 0 Å². The number of nitrogens with one attached hydrogen (secondary N) is 2. The number of nitrogens with two attached hydrogens (primary N) is 1. The van der Waals surface area contributed by atoms with E-state index in [1.807, 2.05) is 30.3 Å². The molecular formula is C24H23N7O3. The Morgan fingerprint density at radius 2 is 2.03 bits per heavy atom. The maximum absolute atomic E-state index is 12.7. The Labute approximate surface area is 194 Å². The Morgan fingerprint density at radius 3 is 2.74 bits per heavy atom. The van der Waals surface area contributed by atoms with Crippen LogP contribution >= 0.6 is 0 Å². The van der Waals surface area contributed by atoms with Crippen LogP contribution in [0.15, 0.2) is 59.7 Å². The molecule has 5 rings (SSSR count).